The average Bonchev–Trinajstić information content (AvgIpc) is 2.71. The molecule has 6 nitrogen and oxygen atoms in total. The summed E-state index contributed by atoms with van der Waals surface area (Å²) in [5.74, 6) is 0.109. The fraction of sp³-hybridized carbons (Fsp3) is 0.708. The van der Waals surface area contributed by atoms with Crippen molar-refractivity contribution in [1.82, 2.24) is 0 Å². The number of para-hydroxylation sites is 1. The molecule has 1 aliphatic carbocycles. The highest BCUT2D eigenvalue weighted by molar-refractivity contribution is 6.74. The highest BCUT2D eigenvalue weighted by Crippen LogP contribution is 2.39. The van der Waals surface area contributed by atoms with E-state index < -0.39 is 14.3 Å². The molecule has 7 heteroatoms. The minimum Gasteiger partial charge on any atom is -0.496 e. The Labute approximate surface area is 188 Å². The molecule has 31 heavy (non-hydrogen) atoms. The van der Waals surface area contributed by atoms with Gasteiger partial charge in [0.15, 0.2) is 8.32 Å². The maximum Gasteiger partial charge on any atom is 0.342 e. The lowest BCUT2D eigenvalue weighted by molar-refractivity contribution is -0.0939. The Morgan fingerprint density at radius 1 is 0.935 bits per heavy atom. The summed E-state index contributed by atoms with van der Waals surface area (Å²) in [5, 5.41) is 0.126. The summed E-state index contributed by atoms with van der Waals surface area (Å²) < 4.78 is 29.6. The van der Waals surface area contributed by atoms with Crippen molar-refractivity contribution >= 4 is 14.3 Å². The molecule has 1 saturated carbocycles. The lowest BCUT2D eigenvalue weighted by Gasteiger charge is -2.43. The maximum atomic E-state index is 12.9. The van der Waals surface area contributed by atoms with E-state index in [1.165, 1.54) is 0 Å². The Balaban J connectivity index is 2.15. The number of ether oxygens (including phenoxy) is 4. The predicted octanol–water partition coefficient (Wildman–Crippen LogP) is 5.22. The molecular formula is C24H40O6Si. The molecule has 0 bridgehead atoms. The SMILES string of the molecule is COc1ccccc1C(=O)OC1CCCC(O[Si](C)(C)C(C)(C)C)C(OC)CC1OC. The van der Waals surface area contributed by atoms with Gasteiger partial charge in [-0.25, -0.2) is 4.79 Å². The standard InChI is InChI=1S/C24H40O6Si/c1-24(2,3)31(7,8)30-20-15-11-14-19(21(27-5)16-22(20)28-6)29-23(25)17-12-9-10-13-18(17)26-4/h9-10,12-13,19-22H,11,14-16H2,1-8H3. The second kappa shape index (κ2) is 10.9. The van der Waals surface area contributed by atoms with Crippen LogP contribution in [0.5, 0.6) is 5.75 Å². The van der Waals surface area contributed by atoms with Gasteiger partial charge in [-0.15, -0.1) is 0 Å². The topological polar surface area (TPSA) is 63.2 Å². The normalized spacial score (nSPS) is 25.4. The summed E-state index contributed by atoms with van der Waals surface area (Å²) in [7, 11) is 2.99. The van der Waals surface area contributed by atoms with Crippen molar-refractivity contribution in [3.8, 4) is 5.75 Å². The van der Waals surface area contributed by atoms with Gasteiger partial charge in [0.1, 0.15) is 17.4 Å². The average molecular weight is 453 g/mol. The first kappa shape index (κ1) is 25.8. The fourth-order valence-electron chi connectivity index (χ4n) is 3.76. The number of carbonyl (C=O) groups is 1. The quantitative estimate of drug-likeness (QED) is 0.418. The fourth-order valence-corrected chi connectivity index (χ4v) is 5.14. The van der Waals surface area contributed by atoms with Crippen molar-refractivity contribution in [2.24, 2.45) is 0 Å². The summed E-state index contributed by atoms with van der Waals surface area (Å²) in [4.78, 5) is 12.9. The molecule has 0 heterocycles. The first-order valence-electron chi connectivity index (χ1n) is 11.1. The van der Waals surface area contributed by atoms with Crippen molar-refractivity contribution in [1.29, 1.82) is 0 Å². The van der Waals surface area contributed by atoms with E-state index in [4.69, 9.17) is 23.4 Å². The van der Waals surface area contributed by atoms with Crippen LogP contribution in [0.1, 0.15) is 56.8 Å². The van der Waals surface area contributed by atoms with Crippen LogP contribution in [0.3, 0.4) is 0 Å². The van der Waals surface area contributed by atoms with Gasteiger partial charge in [0.25, 0.3) is 0 Å². The molecule has 176 valence electrons. The first-order valence-corrected chi connectivity index (χ1v) is 14.0. The number of hydrogen-bond acceptors (Lipinski definition) is 6. The molecule has 0 spiro atoms. The van der Waals surface area contributed by atoms with Crippen molar-refractivity contribution < 1.29 is 28.2 Å². The molecule has 0 aliphatic heterocycles. The largest absolute Gasteiger partial charge is 0.496 e. The Morgan fingerprint density at radius 3 is 2.10 bits per heavy atom. The van der Waals surface area contributed by atoms with Crippen LogP contribution < -0.4 is 4.74 Å². The minimum absolute atomic E-state index is 0.00871. The summed E-state index contributed by atoms with van der Waals surface area (Å²) in [6.45, 7) is 11.3. The number of benzene rings is 1. The van der Waals surface area contributed by atoms with Crippen LogP contribution >= 0.6 is 0 Å². The van der Waals surface area contributed by atoms with Crippen LogP contribution in [0.15, 0.2) is 24.3 Å². The molecule has 1 fully saturated rings. The number of methoxy groups -OCH3 is 3. The van der Waals surface area contributed by atoms with Gasteiger partial charge in [-0.2, -0.15) is 0 Å². The highest BCUT2D eigenvalue weighted by Gasteiger charge is 2.42. The van der Waals surface area contributed by atoms with Gasteiger partial charge in [0.2, 0.25) is 0 Å². The molecule has 4 atom stereocenters. The van der Waals surface area contributed by atoms with Crippen LogP contribution in [-0.2, 0) is 18.6 Å². The van der Waals surface area contributed by atoms with E-state index in [0.717, 1.165) is 12.8 Å². The first-order chi connectivity index (χ1) is 14.5. The minimum atomic E-state index is -1.94. The van der Waals surface area contributed by atoms with Gasteiger partial charge in [-0.3, -0.25) is 0 Å². The van der Waals surface area contributed by atoms with Crippen LogP contribution in [0.2, 0.25) is 18.1 Å². The number of esters is 1. The second-order valence-corrected chi connectivity index (χ2v) is 14.5. The molecule has 0 aromatic heterocycles. The van der Waals surface area contributed by atoms with Crippen molar-refractivity contribution in [2.45, 2.75) is 89.0 Å². The number of carbonyl (C=O) groups excluding carboxylic acids is 1. The van der Waals surface area contributed by atoms with Crippen LogP contribution in [0.4, 0.5) is 0 Å². The molecule has 1 aliphatic rings. The molecule has 1 aromatic rings. The summed E-state index contributed by atoms with van der Waals surface area (Å²) in [5.41, 5.74) is 0.421. The van der Waals surface area contributed by atoms with E-state index >= 15 is 0 Å². The Hall–Kier alpha value is -1.41. The zero-order valence-electron chi connectivity index (χ0n) is 20.4. The number of rotatable bonds is 7. The van der Waals surface area contributed by atoms with Gasteiger partial charge >= 0.3 is 5.97 Å². The highest BCUT2D eigenvalue weighted by atomic mass is 28.4. The van der Waals surface area contributed by atoms with Gasteiger partial charge in [0, 0.05) is 20.6 Å². The van der Waals surface area contributed by atoms with E-state index in [1.807, 2.05) is 6.07 Å². The summed E-state index contributed by atoms with van der Waals surface area (Å²) >= 11 is 0. The van der Waals surface area contributed by atoms with E-state index in [1.54, 1.807) is 39.5 Å². The zero-order valence-corrected chi connectivity index (χ0v) is 21.4. The summed E-state index contributed by atoms with van der Waals surface area (Å²) in [6, 6.07) is 7.10. The van der Waals surface area contributed by atoms with E-state index in [-0.39, 0.29) is 29.5 Å². The van der Waals surface area contributed by atoms with Crippen LogP contribution in [0, 0.1) is 0 Å². The molecule has 2 rings (SSSR count). The maximum absolute atomic E-state index is 12.9. The lowest BCUT2D eigenvalue weighted by atomic mass is 9.92. The number of hydrogen-bond donors (Lipinski definition) is 0. The third-order valence-electron chi connectivity index (χ3n) is 6.71. The Bertz CT molecular complexity index is 714. The van der Waals surface area contributed by atoms with E-state index in [9.17, 15) is 4.79 Å². The van der Waals surface area contributed by atoms with Crippen molar-refractivity contribution in [3.05, 3.63) is 29.8 Å². The molecule has 1 aromatic carbocycles. The van der Waals surface area contributed by atoms with Gasteiger partial charge in [-0.1, -0.05) is 32.9 Å². The molecule has 0 saturated heterocycles. The summed E-state index contributed by atoms with van der Waals surface area (Å²) in [6.07, 6.45) is 2.32. The molecule has 0 radical (unpaired) electrons. The third kappa shape index (κ3) is 6.54. The zero-order chi connectivity index (χ0) is 23.2. The smallest absolute Gasteiger partial charge is 0.342 e. The van der Waals surface area contributed by atoms with Gasteiger partial charge in [-0.05, 0) is 49.5 Å². The second-order valence-electron chi connectivity index (χ2n) is 9.78. The van der Waals surface area contributed by atoms with Crippen LogP contribution in [-0.4, -0.2) is 60.0 Å². The van der Waals surface area contributed by atoms with Gasteiger partial charge < -0.3 is 23.4 Å². The lowest BCUT2D eigenvalue weighted by Crippen LogP contribution is -2.50. The van der Waals surface area contributed by atoms with Crippen molar-refractivity contribution in [3.63, 3.8) is 0 Å². The molecule has 0 amide bonds. The Morgan fingerprint density at radius 2 is 1.52 bits per heavy atom. The van der Waals surface area contributed by atoms with E-state index in [0.29, 0.717) is 24.2 Å². The van der Waals surface area contributed by atoms with Crippen molar-refractivity contribution in [2.75, 3.05) is 21.3 Å². The Kier molecular flexibility index (Phi) is 9.12. The molecular weight excluding hydrogens is 412 g/mol. The predicted molar refractivity (Wildman–Crippen MR) is 124 cm³/mol. The monoisotopic (exact) mass is 452 g/mol. The third-order valence-corrected chi connectivity index (χ3v) is 11.2. The van der Waals surface area contributed by atoms with Crippen LogP contribution in [0.25, 0.3) is 0 Å². The van der Waals surface area contributed by atoms with E-state index in [2.05, 4.69) is 33.9 Å². The molecule has 0 N–H and O–H groups in total. The molecule has 4 unspecified atom stereocenters. The van der Waals surface area contributed by atoms with Gasteiger partial charge in [0.05, 0.1) is 25.4 Å².